The summed E-state index contributed by atoms with van der Waals surface area (Å²) in [5.74, 6) is 0.207. The van der Waals surface area contributed by atoms with Gasteiger partial charge in [0.1, 0.15) is 0 Å². The standard InChI is InChI=1S/C12H14O/c1-9(13)11-8-4-6-10-5-2-3-7-12(10)11/h4,6,8H,2-3,5,7H2,1H3. The Kier molecular flexibility index (Phi) is 2.17. The largest absolute Gasteiger partial charge is 0.295 e. The molecule has 0 radical (unpaired) electrons. The van der Waals surface area contributed by atoms with Crippen LogP contribution >= 0.6 is 0 Å². The van der Waals surface area contributed by atoms with Crippen LogP contribution in [0.25, 0.3) is 0 Å². The summed E-state index contributed by atoms with van der Waals surface area (Å²) in [6.45, 7) is 1.66. The summed E-state index contributed by atoms with van der Waals surface area (Å²) in [6, 6.07) is 6.11. The van der Waals surface area contributed by atoms with Crippen LogP contribution < -0.4 is 0 Å². The molecular weight excluding hydrogens is 160 g/mol. The number of Topliss-reactive ketones (excluding diaryl/α,β-unsaturated/α-hetero) is 1. The smallest absolute Gasteiger partial charge is 0.160 e. The zero-order valence-electron chi connectivity index (χ0n) is 7.97. The predicted octanol–water partition coefficient (Wildman–Crippen LogP) is 2.77. The molecule has 0 amide bonds. The van der Waals surface area contributed by atoms with Gasteiger partial charge in [0.15, 0.2) is 5.78 Å². The number of fused-ring (bicyclic) bond motifs is 1. The van der Waals surface area contributed by atoms with Crippen LogP contribution in [-0.4, -0.2) is 5.78 Å². The van der Waals surface area contributed by atoms with E-state index in [0.29, 0.717) is 0 Å². The van der Waals surface area contributed by atoms with Crippen molar-refractivity contribution in [1.82, 2.24) is 0 Å². The van der Waals surface area contributed by atoms with Crippen molar-refractivity contribution in [2.75, 3.05) is 0 Å². The molecule has 1 nitrogen and oxygen atoms in total. The highest BCUT2D eigenvalue weighted by Crippen LogP contribution is 2.24. The van der Waals surface area contributed by atoms with Crippen LogP contribution in [0.15, 0.2) is 18.2 Å². The molecule has 0 bridgehead atoms. The average molecular weight is 174 g/mol. The zero-order chi connectivity index (χ0) is 9.26. The minimum atomic E-state index is 0.207. The molecule has 0 fully saturated rings. The van der Waals surface area contributed by atoms with Crippen LogP contribution in [0.2, 0.25) is 0 Å². The molecule has 0 atom stereocenters. The van der Waals surface area contributed by atoms with E-state index in [1.54, 1.807) is 6.92 Å². The molecule has 0 aromatic heterocycles. The summed E-state index contributed by atoms with van der Waals surface area (Å²) >= 11 is 0. The molecule has 0 heterocycles. The van der Waals surface area contributed by atoms with Crippen molar-refractivity contribution in [1.29, 1.82) is 0 Å². The van der Waals surface area contributed by atoms with Gasteiger partial charge in [0.2, 0.25) is 0 Å². The third kappa shape index (κ3) is 1.51. The summed E-state index contributed by atoms with van der Waals surface area (Å²) in [4.78, 5) is 11.3. The first-order chi connectivity index (χ1) is 6.29. The number of rotatable bonds is 1. The van der Waals surface area contributed by atoms with E-state index in [1.165, 1.54) is 24.0 Å². The maximum atomic E-state index is 11.3. The van der Waals surface area contributed by atoms with Crippen molar-refractivity contribution < 1.29 is 4.79 Å². The summed E-state index contributed by atoms with van der Waals surface area (Å²) in [5, 5.41) is 0. The minimum Gasteiger partial charge on any atom is -0.295 e. The van der Waals surface area contributed by atoms with E-state index < -0.39 is 0 Å². The third-order valence-corrected chi connectivity index (χ3v) is 2.78. The topological polar surface area (TPSA) is 17.1 Å². The van der Waals surface area contributed by atoms with Crippen LogP contribution in [0, 0.1) is 0 Å². The molecule has 0 saturated carbocycles. The van der Waals surface area contributed by atoms with Crippen LogP contribution in [-0.2, 0) is 12.8 Å². The number of ketones is 1. The van der Waals surface area contributed by atoms with Gasteiger partial charge in [0.25, 0.3) is 0 Å². The summed E-state index contributed by atoms with van der Waals surface area (Å²) in [6.07, 6.45) is 4.74. The van der Waals surface area contributed by atoms with Crippen molar-refractivity contribution in [3.05, 3.63) is 34.9 Å². The van der Waals surface area contributed by atoms with E-state index in [2.05, 4.69) is 6.07 Å². The van der Waals surface area contributed by atoms with Gasteiger partial charge in [-0.15, -0.1) is 0 Å². The monoisotopic (exact) mass is 174 g/mol. The SMILES string of the molecule is CC(=O)c1cccc2c1CCCC2. The van der Waals surface area contributed by atoms with Crippen LogP contribution in [0.4, 0.5) is 0 Å². The first-order valence-corrected chi connectivity index (χ1v) is 4.91. The third-order valence-electron chi connectivity index (χ3n) is 2.78. The van der Waals surface area contributed by atoms with E-state index in [0.717, 1.165) is 18.4 Å². The number of benzene rings is 1. The van der Waals surface area contributed by atoms with Gasteiger partial charge >= 0.3 is 0 Å². The molecule has 1 aliphatic carbocycles. The Balaban J connectivity index is 2.52. The first-order valence-electron chi connectivity index (χ1n) is 4.91. The second kappa shape index (κ2) is 3.33. The van der Waals surface area contributed by atoms with E-state index in [9.17, 15) is 4.79 Å². The highest BCUT2D eigenvalue weighted by molar-refractivity contribution is 5.95. The molecule has 1 aromatic rings. The fraction of sp³-hybridized carbons (Fsp3) is 0.417. The van der Waals surface area contributed by atoms with Gasteiger partial charge in [0, 0.05) is 5.56 Å². The molecular formula is C12H14O. The zero-order valence-corrected chi connectivity index (χ0v) is 7.97. The van der Waals surface area contributed by atoms with Crippen LogP contribution in [0.3, 0.4) is 0 Å². The second-order valence-electron chi connectivity index (χ2n) is 3.71. The lowest BCUT2D eigenvalue weighted by molar-refractivity contribution is 0.101. The van der Waals surface area contributed by atoms with E-state index >= 15 is 0 Å². The number of carbonyl (C=O) groups excluding carboxylic acids is 1. The summed E-state index contributed by atoms with van der Waals surface area (Å²) < 4.78 is 0. The number of carbonyl (C=O) groups is 1. The van der Waals surface area contributed by atoms with Gasteiger partial charge in [-0.3, -0.25) is 4.79 Å². The van der Waals surface area contributed by atoms with Crippen molar-refractivity contribution >= 4 is 5.78 Å². The molecule has 2 rings (SSSR count). The van der Waals surface area contributed by atoms with Gasteiger partial charge in [-0.2, -0.15) is 0 Å². The molecule has 0 N–H and O–H groups in total. The molecule has 1 aromatic carbocycles. The van der Waals surface area contributed by atoms with Gasteiger partial charge in [-0.1, -0.05) is 18.2 Å². The lowest BCUT2D eigenvalue weighted by Gasteiger charge is -2.17. The summed E-state index contributed by atoms with van der Waals surface area (Å²) in [7, 11) is 0. The molecule has 1 aliphatic rings. The van der Waals surface area contributed by atoms with Gasteiger partial charge < -0.3 is 0 Å². The fourth-order valence-corrected chi connectivity index (χ4v) is 2.11. The Labute approximate surface area is 78.8 Å². The fourth-order valence-electron chi connectivity index (χ4n) is 2.11. The Hall–Kier alpha value is -1.11. The molecule has 0 unspecified atom stereocenters. The Morgan fingerprint density at radius 3 is 2.77 bits per heavy atom. The molecule has 0 saturated heterocycles. The highest BCUT2D eigenvalue weighted by atomic mass is 16.1. The van der Waals surface area contributed by atoms with Crippen molar-refractivity contribution in [2.45, 2.75) is 32.6 Å². The first kappa shape index (κ1) is 8.49. The van der Waals surface area contributed by atoms with Gasteiger partial charge in [0.05, 0.1) is 0 Å². The molecule has 68 valence electrons. The van der Waals surface area contributed by atoms with Gasteiger partial charge in [-0.25, -0.2) is 0 Å². The summed E-state index contributed by atoms with van der Waals surface area (Å²) in [5.41, 5.74) is 3.64. The number of aryl methyl sites for hydroxylation is 1. The van der Waals surface area contributed by atoms with E-state index in [-0.39, 0.29) is 5.78 Å². The van der Waals surface area contributed by atoms with E-state index in [1.807, 2.05) is 12.1 Å². The minimum absolute atomic E-state index is 0.207. The Morgan fingerprint density at radius 2 is 2.00 bits per heavy atom. The average Bonchev–Trinajstić information content (AvgIpc) is 2.17. The van der Waals surface area contributed by atoms with E-state index in [4.69, 9.17) is 0 Å². The molecule has 0 spiro atoms. The van der Waals surface area contributed by atoms with Crippen LogP contribution in [0.1, 0.15) is 41.3 Å². The number of hydrogen-bond acceptors (Lipinski definition) is 1. The normalized spacial score (nSPS) is 15.2. The highest BCUT2D eigenvalue weighted by Gasteiger charge is 2.14. The maximum absolute atomic E-state index is 11.3. The Bertz CT molecular complexity index is 339. The molecule has 13 heavy (non-hydrogen) atoms. The second-order valence-corrected chi connectivity index (χ2v) is 3.71. The van der Waals surface area contributed by atoms with Crippen molar-refractivity contribution in [2.24, 2.45) is 0 Å². The Morgan fingerprint density at radius 1 is 1.23 bits per heavy atom. The molecule has 0 aliphatic heterocycles. The molecule has 1 heteroatoms. The lowest BCUT2D eigenvalue weighted by atomic mass is 9.87. The lowest BCUT2D eigenvalue weighted by Crippen LogP contribution is -2.08. The maximum Gasteiger partial charge on any atom is 0.160 e. The van der Waals surface area contributed by atoms with Crippen LogP contribution in [0.5, 0.6) is 0 Å². The number of hydrogen-bond donors (Lipinski definition) is 0. The van der Waals surface area contributed by atoms with Crippen molar-refractivity contribution in [3.8, 4) is 0 Å². The quantitative estimate of drug-likeness (QED) is 0.598. The predicted molar refractivity (Wildman–Crippen MR) is 53.1 cm³/mol. The van der Waals surface area contributed by atoms with Gasteiger partial charge in [-0.05, 0) is 43.7 Å². The van der Waals surface area contributed by atoms with Crippen molar-refractivity contribution in [3.63, 3.8) is 0 Å².